The number of aryl methyl sites for hydroxylation is 1. The average Bonchev–Trinajstić information content (AvgIpc) is 2.45. The van der Waals surface area contributed by atoms with Crippen molar-refractivity contribution in [1.82, 2.24) is 5.32 Å². The maximum atomic E-state index is 12.1. The monoisotopic (exact) mass is 310 g/mol. The Morgan fingerprint density at radius 2 is 2.10 bits per heavy atom. The molecule has 1 aromatic carbocycles. The molecule has 0 spiro atoms. The molecule has 1 heterocycles. The van der Waals surface area contributed by atoms with Crippen molar-refractivity contribution in [1.29, 1.82) is 0 Å². The first-order valence-electron chi connectivity index (χ1n) is 7.35. The second-order valence-electron chi connectivity index (χ2n) is 5.35. The highest BCUT2D eigenvalue weighted by molar-refractivity contribution is 7.92. The van der Waals surface area contributed by atoms with E-state index in [0.717, 1.165) is 24.8 Å². The molecule has 2 rings (SSSR count). The minimum absolute atomic E-state index is 0.118. The highest BCUT2D eigenvalue weighted by Crippen LogP contribution is 2.27. The van der Waals surface area contributed by atoms with Gasteiger partial charge < -0.3 is 5.32 Å². The van der Waals surface area contributed by atoms with Gasteiger partial charge in [0.15, 0.2) is 0 Å². The zero-order valence-electron chi connectivity index (χ0n) is 12.6. The summed E-state index contributed by atoms with van der Waals surface area (Å²) >= 11 is 0. The molecule has 1 aliphatic rings. The molecular weight excluding hydrogens is 288 g/mol. The predicted octanol–water partition coefficient (Wildman–Crippen LogP) is 2.06. The lowest BCUT2D eigenvalue weighted by Gasteiger charge is -2.29. The molecule has 116 valence electrons. The summed E-state index contributed by atoms with van der Waals surface area (Å²) in [4.78, 5) is 11.9. The van der Waals surface area contributed by atoms with Crippen LogP contribution in [0.5, 0.6) is 0 Å². The van der Waals surface area contributed by atoms with Crippen molar-refractivity contribution in [2.24, 2.45) is 0 Å². The van der Waals surface area contributed by atoms with Crippen molar-refractivity contribution >= 4 is 21.6 Å². The van der Waals surface area contributed by atoms with Gasteiger partial charge in [0, 0.05) is 18.7 Å². The summed E-state index contributed by atoms with van der Waals surface area (Å²) in [5.74, 6) is 0.0820. The van der Waals surface area contributed by atoms with Gasteiger partial charge in [-0.05, 0) is 49.9 Å². The fourth-order valence-electron chi connectivity index (χ4n) is 2.48. The van der Waals surface area contributed by atoms with E-state index < -0.39 is 10.0 Å². The zero-order chi connectivity index (χ0) is 15.5. The highest BCUT2D eigenvalue weighted by atomic mass is 32.2. The lowest BCUT2D eigenvalue weighted by atomic mass is 10.1. The molecule has 6 heteroatoms. The first-order chi connectivity index (χ1) is 9.95. The van der Waals surface area contributed by atoms with E-state index in [2.05, 4.69) is 5.32 Å². The molecule has 1 fully saturated rings. The van der Waals surface area contributed by atoms with E-state index in [4.69, 9.17) is 0 Å². The SMILES string of the molecule is CCCNC(=O)c1ccc(N2CCCCS2(=O)=O)c(C)c1. The van der Waals surface area contributed by atoms with Gasteiger partial charge in [-0.15, -0.1) is 0 Å². The van der Waals surface area contributed by atoms with Crippen LogP contribution in [0.1, 0.15) is 42.1 Å². The molecule has 0 unspecified atom stereocenters. The Morgan fingerprint density at radius 1 is 1.33 bits per heavy atom. The number of nitrogens with one attached hydrogen (secondary N) is 1. The summed E-state index contributed by atoms with van der Waals surface area (Å²) in [7, 11) is -3.21. The molecular formula is C15H22N2O3S. The molecule has 0 saturated carbocycles. The second kappa shape index (κ2) is 6.47. The quantitative estimate of drug-likeness (QED) is 0.925. The Hall–Kier alpha value is -1.56. The van der Waals surface area contributed by atoms with Gasteiger partial charge in [0.2, 0.25) is 10.0 Å². The topological polar surface area (TPSA) is 66.5 Å². The molecule has 1 N–H and O–H groups in total. The van der Waals surface area contributed by atoms with Crippen LogP contribution in [0, 0.1) is 6.92 Å². The van der Waals surface area contributed by atoms with Gasteiger partial charge >= 0.3 is 0 Å². The number of carbonyl (C=O) groups excluding carboxylic acids is 1. The van der Waals surface area contributed by atoms with Gasteiger partial charge in [-0.25, -0.2) is 8.42 Å². The van der Waals surface area contributed by atoms with Gasteiger partial charge in [-0.2, -0.15) is 0 Å². The zero-order valence-corrected chi connectivity index (χ0v) is 13.4. The molecule has 0 radical (unpaired) electrons. The molecule has 1 amide bonds. The molecule has 0 aliphatic carbocycles. The lowest BCUT2D eigenvalue weighted by molar-refractivity contribution is 0.0953. The van der Waals surface area contributed by atoms with Gasteiger partial charge in [0.25, 0.3) is 5.91 Å². The van der Waals surface area contributed by atoms with E-state index in [-0.39, 0.29) is 11.7 Å². The molecule has 0 atom stereocenters. The van der Waals surface area contributed by atoms with E-state index >= 15 is 0 Å². The average molecular weight is 310 g/mol. The highest BCUT2D eigenvalue weighted by Gasteiger charge is 2.27. The summed E-state index contributed by atoms with van der Waals surface area (Å²) in [6.45, 7) is 5.00. The van der Waals surface area contributed by atoms with Crippen LogP contribution in [0.25, 0.3) is 0 Å². The van der Waals surface area contributed by atoms with Crippen molar-refractivity contribution < 1.29 is 13.2 Å². The summed E-state index contributed by atoms with van der Waals surface area (Å²) in [5, 5.41) is 2.82. The fraction of sp³-hybridized carbons (Fsp3) is 0.533. The van der Waals surface area contributed by atoms with Gasteiger partial charge in [0.05, 0.1) is 11.4 Å². The molecule has 21 heavy (non-hydrogen) atoms. The van der Waals surface area contributed by atoms with Crippen molar-refractivity contribution in [3.05, 3.63) is 29.3 Å². The maximum Gasteiger partial charge on any atom is 0.251 e. The molecule has 1 aliphatic heterocycles. The number of rotatable bonds is 4. The molecule has 5 nitrogen and oxygen atoms in total. The van der Waals surface area contributed by atoms with Crippen LogP contribution in [0.2, 0.25) is 0 Å². The normalized spacial score (nSPS) is 17.5. The third-order valence-corrected chi connectivity index (χ3v) is 5.47. The van der Waals surface area contributed by atoms with Crippen LogP contribution in [0.4, 0.5) is 5.69 Å². The van der Waals surface area contributed by atoms with Crippen LogP contribution in [0.3, 0.4) is 0 Å². The Balaban J connectivity index is 2.25. The van der Waals surface area contributed by atoms with E-state index in [9.17, 15) is 13.2 Å². The number of benzene rings is 1. The Bertz CT molecular complexity index is 626. The lowest BCUT2D eigenvalue weighted by Crippen LogP contribution is -2.38. The summed E-state index contributed by atoms with van der Waals surface area (Å²) in [5.41, 5.74) is 2.06. The summed E-state index contributed by atoms with van der Waals surface area (Å²) in [6.07, 6.45) is 2.47. The van der Waals surface area contributed by atoms with Crippen LogP contribution in [-0.4, -0.2) is 33.2 Å². The van der Waals surface area contributed by atoms with Gasteiger partial charge in [0.1, 0.15) is 0 Å². The standard InChI is InChI=1S/C15H22N2O3S/c1-3-8-16-15(18)13-6-7-14(12(2)11-13)17-9-4-5-10-21(17,19)20/h6-7,11H,3-5,8-10H2,1-2H3,(H,16,18). The van der Waals surface area contributed by atoms with Crippen LogP contribution >= 0.6 is 0 Å². The van der Waals surface area contributed by atoms with Crippen molar-refractivity contribution in [2.75, 3.05) is 23.1 Å². The fourth-order valence-corrected chi connectivity index (χ4v) is 4.18. The number of anilines is 1. The first-order valence-corrected chi connectivity index (χ1v) is 8.96. The molecule has 1 aromatic rings. The number of hydrogen-bond donors (Lipinski definition) is 1. The maximum absolute atomic E-state index is 12.1. The molecule has 1 saturated heterocycles. The van der Waals surface area contributed by atoms with Crippen molar-refractivity contribution in [3.8, 4) is 0 Å². The van der Waals surface area contributed by atoms with Crippen LogP contribution in [0.15, 0.2) is 18.2 Å². The third-order valence-electron chi connectivity index (χ3n) is 3.61. The summed E-state index contributed by atoms with van der Waals surface area (Å²) < 4.78 is 25.8. The predicted molar refractivity (Wildman–Crippen MR) is 84.2 cm³/mol. The van der Waals surface area contributed by atoms with E-state index in [1.54, 1.807) is 18.2 Å². The number of hydrogen-bond acceptors (Lipinski definition) is 3. The number of amides is 1. The number of sulfonamides is 1. The van der Waals surface area contributed by atoms with Gasteiger partial charge in [-0.3, -0.25) is 9.10 Å². The van der Waals surface area contributed by atoms with E-state index in [0.29, 0.717) is 24.3 Å². The smallest absolute Gasteiger partial charge is 0.251 e. The number of nitrogens with zero attached hydrogens (tertiary/aromatic N) is 1. The van der Waals surface area contributed by atoms with Crippen LogP contribution in [-0.2, 0) is 10.0 Å². The Kier molecular flexibility index (Phi) is 4.88. The summed E-state index contributed by atoms with van der Waals surface area (Å²) in [6, 6.07) is 5.18. The van der Waals surface area contributed by atoms with Crippen molar-refractivity contribution in [3.63, 3.8) is 0 Å². The van der Waals surface area contributed by atoms with Crippen LogP contribution < -0.4 is 9.62 Å². The van der Waals surface area contributed by atoms with E-state index in [1.807, 2.05) is 13.8 Å². The first kappa shape index (κ1) is 15.8. The number of carbonyl (C=O) groups is 1. The largest absolute Gasteiger partial charge is 0.352 e. The minimum atomic E-state index is -3.21. The second-order valence-corrected chi connectivity index (χ2v) is 7.37. The Labute approximate surface area is 126 Å². The molecule has 0 bridgehead atoms. The third kappa shape index (κ3) is 3.56. The van der Waals surface area contributed by atoms with E-state index in [1.165, 1.54) is 4.31 Å². The van der Waals surface area contributed by atoms with Crippen molar-refractivity contribution in [2.45, 2.75) is 33.1 Å². The minimum Gasteiger partial charge on any atom is -0.352 e. The Morgan fingerprint density at radius 3 is 2.71 bits per heavy atom. The molecule has 0 aromatic heterocycles. The van der Waals surface area contributed by atoms with Gasteiger partial charge in [-0.1, -0.05) is 6.92 Å².